The molecule has 0 aliphatic carbocycles. The maximum Gasteiger partial charge on any atom is 0.307 e. The Labute approximate surface area is 179 Å². The summed E-state index contributed by atoms with van der Waals surface area (Å²) < 4.78 is 41.3. The van der Waals surface area contributed by atoms with Gasteiger partial charge in [0, 0.05) is 7.05 Å². The number of rotatable bonds is 10. The van der Waals surface area contributed by atoms with Gasteiger partial charge in [0.1, 0.15) is 4.21 Å². The summed E-state index contributed by atoms with van der Waals surface area (Å²) in [6.07, 6.45) is -0.140. The SMILES string of the molecule is COC(=O)CC(NC(=O)CN(C)S(=O)(=O)c1cccs1)c1ccc(OC)c(OC)c1. The predicted molar refractivity (Wildman–Crippen MR) is 111 cm³/mol. The Hall–Kier alpha value is -2.63. The summed E-state index contributed by atoms with van der Waals surface area (Å²) in [4.78, 5) is 24.4. The molecule has 9 nitrogen and oxygen atoms in total. The lowest BCUT2D eigenvalue weighted by Crippen LogP contribution is -2.40. The molecule has 1 amide bonds. The van der Waals surface area contributed by atoms with Crippen LogP contribution in [0.1, 0.15) is 18.0 Å². The smallest absolute Gasteiger partial charge is 0.307 e. The number of thiophene rings is 1. The molecule has 0 radical (unpaired) electrons. The van der Waals surface area contributed by atoms with Gasteiger partial charge in [-0.2, -0.15) is 4.31 Å². The third-order valence-corrected chi connectivity index (χ3v) is 7.45. The highest BCUT2D eigenvalue weighted by Crippen LogP contribution is 2.31. The lowest BCUT2D eigenvalue weighted by molar-refractivity contribution is -0.141. The number of ether oxygens (including phenoxy) is 3. The second kappa shape index (κ2) is 10.4. The van der Waals surface area contributed by atoms with Gasteiger partial charge in [0.15, 0.2) is 11.5 Å². The molecule has 0 spiro atoms. The molecule has 2 aromatic rings. The number of carbonyl (C=O) groups is 2. The van der Waals surface area contributed by atoms with E-state index in [1.54, 1.807) is 29.6 Å². The molecule has 0 aliphatic rings. The van der Waals surface area contributed by atoms with E-state index in [1.807, 2.05) is 0 Å². The standard InChI is InChI=1S/C19H24N2O7S2/c1-21(30(24,25)19-6-5-9-29-19)12-17(22)20-14(11-18(23)28-4)13-7-8-15(26-2)16(10-13)27-3/h5-10,14H,11-12H2,1-4H3,(H,20,22). The lowest BCUT2D eigenvalue weighted by Gasteiger charge is -2.21. The van der Waals surface area contributed by atoms with Crippen LogP contribution in [-0.4, -0.2) is 59.5 Å². The second-order valence-electron chi connectivity index (χ2n) is 6.21. The molecule has 11 heteroatoms. The summed E-state index contributed by atoms with van der Waals surface area (Å²) in [6.45, 7) is -0.412. The number of sulfonamides is 1. The number of likely N-dealkylation sites (N-methyl/N-ethyl adjacent to an activating group) is 1. The molecule has 1 atom stereocenters. The van der Waals surface area contributed by atoms with Crippen LogP contribution in [0.15, 0.2) is 39.9 Å². The molecule has 0 saturated carbocycles. The van der Waals surface area contributed by atoms with E-state index >= 15 is 0 Å². The second-order valence-corrected chi connectivity index (χ2v) is 9.43. The summed E-state index contributed by atoms with van der Waals surface area (Å²) in [6, 6.07) is 7.31. The predicted octanol–water partition coefficient (Wildman–Crippen LogP) is 1.81. The Morgan fingerprint density at radius 2 is 1.83 bits per heavy atom. The summed E-state index contributed by atoms with van der Waals surface area (Å²) in [5, 5.41) is 4.34. The lowest BCUT2D eigenvalue weighted by atomic mass is 10.0. The van der Waals surface area contributed by atoms with Gasteiger partial charge in [-0.1, -0.05) is 12.1 Å². The zero-order chi connectivity index (χ0) is 22.3. The van der Waals surface area contributed by atoms with Crippen LogP contribution in [0.4, 0.5) is 0 Å². The van der Waals surface area contributed by atoms with Crippen molar-refractivity contribution in [3.8, 4) is 11.5 Å². The largest absolute Gasteiger partial charge is 0.493 e. The molecular formula is C19H24N2O7S2. The van der Waals surface area contributed by atoms with Gasteiger partial charge in [-0.25, -0.2) is 8.42 Å². The van der Waals surface area contributed by atoms with Gasteiger partial charge in [0.05, 0.1) is 40.3 Å². The third kappa shape index (κ3) is 5.71. The van der Waals surface area contributed by atoms with Crippen LogP contribution in [0.25, 0.3) is 0 Å². The summed E-state index contributed by atoms with van der Waals surface area (Å²) >= 11 is 1.07. The first-order chi connectivity index (χ1) is 14.2. The van der Waals surface area contributed by atoms with Crippen LogP contribution in [0.2, 0.25) is 0 Å². The first-order valence-corrected chi connectivity index (χ1v) is 11.1. The van der Waals surface area contributed by atoms with E-state index in [-0.39, 0.29) is 10.6 Å². The van der Waals surface area contributed by atoms with E-state index in [0.717, 1.165) is 15.6 Å². The number of nitrogens with zero attached hydrogens (tertiary/aromatic N) is 1. The van der Waals surface area contributed by atoms with Gasteiger partial charge in [-0.3, -0.25) is 9.59 Å². The minimum Gasteiger partial charge on any atom is -0.493 e. The molecule has 0 fully saturated rings. The van der Waals surface area contributed by atoms with Crippen LogP contribution in [0.5, 0.6) is 11.5 Å². The molecule has 0 aliphatic heterocycles. The maximum absolute atomic E-state index is 12.6. The highest BCUT2D eigenvalue weighted by molar-refractivity contribution is 7.91. The number of amides is 1. The van der Waals surface area contributed by atoms with Crippen molar-refractivity contribution in [1.82, 2.24) is 9.62 Å². The molecule has 1 N–H and O–H groups in total. The summed E-state index contributed by atoms with van der Waals surface area (Å²) in [5.41, 5.74) is 0.579. The number of hydrogen-bond donors (Lipinski definition) is 1. The fourth-order valence-corrected chi connectivity index (χ4v) is 4.99. The van der Waals surface area contributed by atoms with E-state index < -0.39 is 34.5 Å². The zero-order valence-corrected chi connectivity index (χ0v) is 18.7. The molecule has 164 valence electrons. The van der Waals surface area contributed by atoms with Crippen LogP contribution in [0, 0.1) is 0 Å². The monoisotopic (exact) mass is 456 g/mol. The highest BCUT2D eigenvalue weighted by Gasteiger charge is 2.26. The first-order valence-electron chi connectivity index (χ1n) is 8.80. The van der Waals surface area contributed by atoms with Crippen molar-refractivity contribution in [2.75, 3.05) is 34.9 Å². The van der Waals surface area contributed by atoms with E-state index in [4.69, 9.17) is 14.2 Å². The van der Waals surface area contributed by atoms with Gasteiger partial charge >= 0.3 is 5.97 Å². The van der Waals surface area contributed by atoms with E-state index in [9.17, 15) is 18.0 Å². The van der Waals surface area contributed by atoms with Crippen LogP contribution >= 0.6 is 11.3 Å². The summed E-state index contributed by atoms with van der Waals surface area (Å²) in [7, 11) is 1.76. The number of hydrogen-bond acceptors (Lipinski definition) is 8. The molecule has 1 aromatic heterocycles. The number of benzene rings is 1. The van der Waals surface area contributed by atoms with Crippen LogP contribution < -0.4 is 14.8 Å². The maximum atomic E-state index is 12.6. The number of carbonyl (C=O) groups excluding carboxylic acids is 2. The average molecular weight is 457 g/mol. The van der Waals surface area contributed by atoms with E-state index in [0.29, 0.717) is 17.1 Å². The Morgan fingerprint density at radius 3 is 2.40 bits per heavy atom. The van der Waals surface area contributed by atoms with Crippen molar-refractivity contribution in [3.05, 3.63) is 41.3 Å². The van der Waals surface area contributed by atoms with Gasteiger partial charge in [-0.15, -0.1) is 11.3 Å². The number of esters is 1. The number of methoxy groups -OCH3 is 3. The Morgan fingerprint density at radius 1 is 1.13 bits per heavy atom. The Balaban J connectivity index is 2.20. The van der Waals surface area contributed by atoms with Crippen molar-refractivity contribution in [2.45, 2.75) is 16.7 Å². The summed E-state index contributed by atoms with van der Waals surface area (Å²) in [5.74, 6) is -0.182. The van der Waals surface area contributed by atoms with Crippen LogP contribution in [0.3, 0.4) is 0 Å². The third-order valence-electron chi connectivity index (χ3n) is 4.27. The topological polar surface area (TPSA) is 111 Å². The van der Waals surface area contributed by atoms with Gasteiger partial charge in [0.2, 0.25) is 5.91 Å². The van der Waals surface area contributed by atoms with E-state index in [1.165, 1.54) is 34.4 Å². The molecule has 2 rings (SSSR count). The van der Waals surface area contributed by atoms with Crippen LogP contribution in [-0.2, 0) is 24.3 Å². The molecule has 1 unspecified atom stereocenters. The van der Waals surface area contributed by atoms with Crippen molar-refractivity contribution >= 4 is 33.2 Å². The molecule has 30 heavy (non-hydrogen) atoms. The molecule has 0 saturated heterocycles. The Kier molecular flexibility index (Phi) is 8.21. The molecule has 1 aromatic carbocycles. The quantitative estimate of drug-likeness (QED) is 0.543. The molecule has 0 bridgehead atoms. The zero-order valence-electron chi connectivity index (χ0n) is 17.1. The minimum atomic E-state index is -3.78. The fourth-order valence-electron chi connectivity index (χ4n) is 2.66. The first kappa shape index (κ1) is 23.6. The van der Waals surface area contributed by atoms with Gasteiger partial charge in [-0.05, 0) is 29.1 Å². The van der Waals surface area contributed by atoms with Crippen molar-refractivity contribution in [1.29, 1.82) is 0 Å². The normalized spacial score (nSPS) is 12.3. The average Bonchev–Trinajstić information content (AvgIpc) is 3.28. The fraction of sp³-hybridized carbons (Fsp3) is 0.368. The Bertz CT molecular complexity index is 975. The minimum absolute atomic E-state index is 0.140. The van der Waals surface area contributed by atoms with Gasteiger partial charge < -0.3 is 19.5 Å². The molecule has 1 heterocycles. The number of nitrogens with one attached hydrogen (secondary N) is 1. The van der Waals surface area contributed by atoms with Crippen molar-refractivity contribution in [3.63, 3.8) is 0 Å². The van der Waals surface area contributed by atoms with Crippen molar-refractivity contribution < 1.29 is 32.2 Å². The molecular weight excluding hydrogens is 432 g/mol. The van der Waals surface area contributed by atoms with Crippen molar-refractivity contribution in [2.24, 2.45) is 0 Å². The highest BCUT2D eigenvalue weighted by atomic mass is 32.2. The van der Waals surface area contributed by atoms with E-state index in [2.05, 4.69) is 5.32 Å². The van der Waals surface area contributed by atoms with Gasteiger partial charge in [0.25, 0.3) is 10.0 Å².